The Labute approximate surface area is 87.3 Å². The van der Waals surface area contributed by atoms with E-state index >= 15 is 0 Å². The van der Waals surface area contributed by atoms with Crippen LogP contribution in [0.15, 0.2) is 18.2 Å². The molecule has 5 heteroatoms. The molecule has 0 bridgehead atoms. The van der Waals surface area contributed by atoms with Crippen LogP contribution < -0.4 is 10.5 Å². The molecule has 2 atom stereocenters. The van der Waals surface area contributed by atoms with Crippen molar-refractivity contribution in [3.8, 4) is 11.8 Å². The van der Waals surface area contributed by atoms with E-state index in [0.29, 0.717) is 17.0 Å². The van der Waals surface area contributed by atoms with E-state index in [0.717, 1.165) is 0 Å². The first-order chi connectivity index (χ1) is 7.10. The molecule has 2 unspecified atom stereocenters. The first-order valence-electron chi connectivity index (χ1n) is 4.29. The molecule has 0 spiro atoms. The van der Waals surface area contributed by atoms with Crippen molar-refractivity contribution in [3.05, 3.63) is 23.8 Å². The molecule has 0 saturated heterocycles. The fourth-order valence-corrected chi connectivity index (χ4v) is 1.22. The van der Waals surface area contributed by atoms with Gasteiger partial charge in [-0.05, 0) is 18.2 Å². The molecule has 0 saturated carbocycles. The van der Waals surface area contributed by atoms with Crippen LogP contribution in [0.5, 0.6) is 5.75 Å². The average Bonchev–Trinajstić information content (AvgIpc) is 2.27. The smallest absolute Gasteiger partial charge is 0.170 e. The number of aliphatic hydroxyl groups excluding tert-OH is 2. The Hall–Kier alpha value is -1.77. The molecule has 4 N–H and O–H groups in total. The minimum Gasteiger partial charge on any atom is -0.496 e. The van der Waals surface area contributed by atoms with E-state index in [-0.39, 0.29) is 0 Å². The molecular weight excluding hydrogens is 196 g/mol. The number of anilines is 1. The number of hydrogen-bond acceptors (Lipinski definition) is 5. The highest BCUT2D eigenvalue weighted by Gasteiger charge is 2.21. The van der Waals surface area contributed by atoms with Gasteiger partial charge in [0.2, 0.25) is 0 Å². The summed E-state index contributed by atoms with van der Waals surface area (Å²) in [6.45, 7) is 0. The predicted molar refractivity (Wildman–Crippen MR) is 54.0 cm³/mol. The van der Waals surface area contributed by atoms with E-state index in [4.69, 9.17) is 15.7 Å². The van der Waals surface area contributed by atoms with Gasteiger partial charge in [0.15, 0.2) is 6.10 Å². The van der Waals surface area contributed by atoms with Crippen molar-refractivity contribution in [1.82, 2.24) is 0 Å². The zero-order valence-electron chi connectivity index (χ0n) is 8.21. The van der Waals surface area contributed by atoms with Crippen LogP contribution in [-0.4, -0.2) is 23.4 Å². The van der Waals surface area contributed by atoms with E-state index in [1.807, 2.05) is 0 Å². The van der Waals surface area contributed by atoms with Crippen LogP contribution >= 0.6 is 0 Å². The number of methoxy groups -OCH3 is 1. The van der Waals surface area contributed by atoms with E-state index in [9.17, 15) is 10.2 Å². The van der Waals surface area contributed by atoms with Crippen LogP contribution in [0.3, 0.4) is 0 Å². The summed E-state index contributed by atoms with van der Waals surface area (Å²) < 4.78 is 4.98. The number of nitrogen functional groups attached to an aromatic ring is 1. The van der Waals surface area contributed by atoms with Crippen molar-refractivity contribution in [2.24, 2.45) is 0 Å². The minimum absolute atomic E-state index is 0.298. The molecule has 0 heterocycles. The molecule has 1 aromatic carbocycles. The molecule has 0 radical (unpaired) electrons. The fourth-order valence-electron chi connectivity index (χ4n) is 1.22. The highest BCUT2D eigenvalue weighted by molar-refractivity contribution is 5.49. The normalized spacial score (nSPS) is 14.0. The largest absolute Gasteiger partial charge is 0.496 e. The number of nitrogens with zero attached hydrogens (tertiary/aromatic N) is 1. The molecular formula is C10H12N2O3. The molecule has 0 aliphatic rings. The Morgan fingerprint density at radius 1 is 1.47 bits per heavy atom. The molecule has 0 aliphatic carbocycles. The number of hydrogen-bond donors (Lipinski definition) is 3. The molecule has 0 aliphatic heterocycles. The summed E-state index contributed by atoms with van der Waals surface area (Å²) in [6.07, 6.45) is -2.82. The van der Waals surface area contributed by atoms with Crippen molar-refractivity contribution >= 4 is 5.69 Å². The van der Waals surface area contributed by atoms with E-state index < -0.39 is 12.2 Å². The van der Waals surface area contributed by atoms with Gasteiger partial charge < -0.3 is 20.7 Å². The van der Waals surface area contributed by atoms with Crippen LogP contribution in [-0.2, 0) is 0 Å². The number of benzene rings is 1. The Kier molecular flexibility index (Phi) is 3.50. The second kappa shape index (κ2) is 4.64. The lowest BCUT2D eigenvalue weighted by atomic mass is 10.0. The molecule has 0 aromatic heterocycles. The van der Waals surface area contributed by atoms with Gasteiger partial charge >= 0.3 is 0 Å². The van der Waals surface area contributed by atoms with Gasteiger partial charge in [0.25, 0.3) is 0 Å². The summed E-state index contributed by atoms with van der Waals surface area (Å²) in [5, 5.41) is 27.3. The van der Waals surface area contributed by atoms with E-state index in [1.165, 1.54) is 13.2 Å². The summed E-state index contributed by atoms with van der Waals surface area (Å²) in [4.78, 5) is 0. The zero-order valence-corrected chi connectivity index (χ0v) is 8.21. The second-order valence-electron chi connectivity index (χ2n) is 3.02. The maximum atomic E-state index is 9.62. The van der Waals surface area contributed by atoms with Crippen LogP contribution in [0.2, 0.25) is 0 Å². The van der Waals surface area contributed by atoms with Crippen molar-refractivity contribution in [3.63, 3.8) is 0 Å². The maximum absolute atomic E-state index is 9.62. The van der Waals surface area contributed by atoms with Crippen LogP contribution in [0.4, 0.5) is 5.69 Å². The van der Waals surface area contributed by atoms with E-state index in [1.54, 1.807) is 18.2 Å². The molecule has 1 aromatic rings. The lowest BCUT2D eigenvalue weighted by molar-refractivity contribution is 0.0511. The molecule has 1 rings (SSSR count). The first-order valence-corrected chi connectivity index (χ1v) is 4.29. The maximum Gasteiger partial charge on any atom is 0.170 e. The number of nitriles is 1. The second-order valence-corrected chi connectivity index (χ2v) is 3.02. The topological polar surface area (TPSA) is 99.5 Å². The monoisotopic (exact) mass is 208 g/mol. The Bertz CT molecular complexity index is 387. The Balaban J connectivity index is 3.12. The Morgan fingerprint density at radius 3 is 2.67 bits per heavy atom. The summed E-state index contributed by atoms with van der Waals surface area (Å²) in [5.41, 5.74) is 6.25. The number of ether oxygens (including phenoxy) is 1. The number of aliphatic hydroxyl groups is 2. The zero-order chi connectivity index (χ0) is 11.4. The summed E-state index contributed by atoms with van der Waals surface area (Å²) in [6, 6.07) is 6.18. The van der Waals surface area contributed by atoms with Gasteiger partial charge in [-0.2, -0.15) is 5.26 Å². The van der Waals surface area contributed by atoms with Gasteiger partial charge in [0, 0.05) is 11.3 Å². The highest BCUT2D eigenvalue weighted by Crippen LogP contribution is 2.28. The quantitative estimate of drug-likeness (QED) is 0.486. The van der Waals surface area contributed by atoms with Crippen molar-refractivity contribution < 1.29 is 14.9 Å². The standard InChI is InChI=1S/C10H12N2O3/c1-15-9-3-2-6(12)4-7(9)10(14)8(13)5-11/h2-4,8,10,13-14H,12H2,1H3. The third-order valence-corrected chi connectivity index (χ3v) is 2.00. The van der Waals surface area contributed by atoms with Gasteiger partial charge in [0.1, 0.15) is 11.9 Å². The van der Waals surface area contributed by atoms with Gasteiger partial charge in [-0.3, -0.25) is 0 Å². The molecule has 15 heavy (non-hydrogen) atoms. The summed E-state index contributed by atoms with van der Waals surface area (Å²) in [5.74, 6) is 0.381. The van der Waals surface area contributed by atoms with Crippen molar-refractivity contribution in [1.29, 1.82) is 5.26 Å². The van der Waals surface area contributed by atoms with Crippen molar-refractivity contribution in [2.75, 3.05) is 12.8 Å². The van der Waals surface area contributed by atoms with Crippen LogP contribution in [0, 0.1) is 11.3 Å². The highest BCUT2D eigenvalue weighted by atomic mass is 16.5. The van der Waals surface area contributed by atoms with Gasteiger partial charge in [-0.1, -0.05) is 0 Å². The number of nitrogens with two attached hydrogens (primary N) is 1. The van der Waals surface area contributed by atoms with E-state index in [2.05, 4.69) is 0 Å². The van der Waals surface area contributed by atoms with Crippen LogP contribution in [0.25, 0.3) is 0 Å². The SMILES string of the molecule is COc1ccc(N)cc1C(O)C(O)C#N. The Morgan fingerprint density at radius 2 is 2.13 bits per heavy atom. The third-order valence-electron chi connectivity index (χ3n) is 2.00. The lowest BCUT2D eigenvalue weighted by Crippen LogP contribution is -2.16. The molecule has 5 nitrogen and oxygen atoms in total. The fraction of sp³-hybridized carbons (Fsp3) is 0.300. The molecule has 0 fully saturated rings. The van der Waals surface area contributed by atoms with Gasteiger partial charge in [-0.25, -0.2) is 0 Å². The summed E-state index contributed by atoms with van der Waals surface area (Å²) >= 11 is 0. The predicted octanol–water partition coefficient (Wildman–Crippen LogP) is 0.195. The third kappa shape index (κ3) is 2.37. The number of rotatable bonds is 3. The van der Waals surface area contributed by atoms with Gasteiger partial charge in [0.05, 0.1) is 13.2 Å². The average molecular weight is 208 g/mol. The van der Waals surface area contributed by atoms with Crippen LogP contribution in [0.1, 0.15) is 11.7 Å². The molecule has 80 valence electrons. The minimum atomic E-state index is -1.50. The van der Waals surface area contributed by atoms with Crippen molar-refractivity contribution in [2.45, 2.75) is 12.2 Å². The van der Waals surface area contributed by atoms with Gasteiger partial charge in [-0.15, -0.1) is 0 Å². The lowest BCUT2D eigenvalue weighted by Gasteiger charge is -2.15. The summed E-state index contributed by atoms with van der Waals surface area (Å²) in [7, 11) is 1.43. The molecule has 0 amide bonds. The first kappa shape index (κ1) is 11.3.